The van der Waals surface area contributed by atoms with Gasteiger partial charge in [-0.25, -0.2) is 9.18 Å². The van der Waals surface area contributed by atoms with Crippen molar-refractivity contribution in [1.82, 2.24) is 0 Å². The summed E-state index contributed by atoms with van der Waals surface area (Å²) in [5, 5.41) is 9.63. The highest BCUT2D eigenvalue weighted by molar-refractivity contribution is 5.76. The summed E-state index contributed by atoms with van der Waals surface area (Å²) in [6.07, 6.45) is -0.833. The molecule has 0 aliphatic rings. The van der Waals surface area contributed by atoms with Gasteiger partial charge in [-0.3, -0.25) is 0 Å². The molecule has 88 valence electrons. The van der Waals surface area contributed by atoms with Crippen LogP contribution in [0.2, 0.25) is 0 Å². The molecule has 4 heteroatoms. The Morgan fingerprint density at radius 3 is 2.75 bits per heavy atom. The maximum atomic E-state index is 13.2. The fraction of sp³-hybridized carbons (Fsp3) is 0.417. The molecule has 0 bridgehead atoms. The normalized spacial score (nSPS) is 12.2. The number of ether oxygens (including phenoxy) is 1. The van der Waals surface area contributed by atoms with Crippen LogP contribution in [0.3, 0.4) is 0 Å². The van der Waals surface area contributed by atoms with Crippen molar-refractivity contribution in [1.29, 1.82) is 0 Å². The quantitative estimate of drug-likeness (QED) is 0.798. The molecule has 1 aromatic rings. The zero-order chi connectivity index (χ0) is 12.1. The fourth-order valence-electron chi connectivity index (χ4n) is 1.39. The Labute approximate surface area is 93.9 Å². The number of carbonyl (C=O) groups is 1. The van der Waals surface area contributed by atoms with Crippen molar-refractivity contribution in [2.24, 2.45) is 0 Å². The Morgan fingerprint density at radius 2 is 2.19 bits per heavy atom. The molecule has 16 heavy (non-hydrogen) atoms. The fourth-order valence-corrected chi connectivity index (χ4v) is 1.39. The number of aliphatic hydroxyl groups is 1. The standard InChI is InChI=1S/C12H15FO3/c1-3-8-7-9(5-6-10(8)13)11(14)12(15)16-4-2/h5-7,11,14H,3-4H2,1-2H3. The molecular weight excluding hydrogens is 211 g/mol. The number of carbonyl (C=O) groups excluding carboxylic acids is 1. The van der Waals surface area contributed by atoms with Crippen LogP contribution in [-0.2, 0) is 16.0 Å². The molecule has 0 fully saturated rings. The molecule has 1 unspecified atom stereocenters. The maximum absolute atomic E-state index is 13.2. The number of benzene rings is 1. The number of hydrogen-bond donors (Lipinski definition) is 1. The van der Waals surface area contributed by atoms with E-state index in [1.54, 1.807) is 13.8 Å². The highest BCUT2D eigenvalue weighted by atomic mass is 19.1. The van der Waals surface area contributed by atoms with E-state index >= 15 is 0 Å². The summed E-state index contributed by atoms with van der Waals surface area (Å²) in [7, 11) is 0. The third kappa shape index (κ3) is 2.79. The highest BCUT2D eigenvalue weighted by Gasteiger charge is 2.19. The van der Waals surface area contributed by atoms with Crippen molar-refractivity contribution in [3.05, 3.63) is 35.1 Å². The average Bonchev–Trinajstić information content (AvgIpc) is 2.29. The summed E-state index contributed by atoms with van der Waals surface area (Å²) < 4.78 is 17.9. The van der Waals surface area contributed by atoms with Gasteiger partial charge in [0.05, 0.1) is 6.61 Å². The molecule has 0 spiro atoms. The van der Waals surface area contributed by atoms with E-state index in [4.69, 9.17) is 0 Å². The number of rotatable bonds is 4. The van der Waals surface area contributed by atoms with Gasteiger partial charge in [-0.1, -0.05) is 13.0 Å². The van der Waals surface area contributed by atoms with Crippen LogP contribution in [-0.4, -0.2) is 17.7 Å². The second kappa shape index (κ2) is 5.61. The monoisotopic (exact) mass is 226 g/mol. The van der Waals surface area contributed by atoms with E-state index in [0.29, 0.717) is 17.5 Å². The van der Waals surface area contributed by atoms with Gasteiger partial charge in [0.2, 0.25) is 0 Å². The van der Waals surface area contributed by atoms with Gasteiger partial charge < -0.3 is 9.84 Å². The SMILES string of the molecule is CCOC(=O)C(O)c1ccc(F)c(CC)c1. The lowest BCUT2D eigenvalue weighted by molar-refractivity contribution is -0.153. The van der Waals surface area contributed by atoms with Crippen molar-refractivity contribution in [2.75, 3.05) is 6.61 Å². The first-order valence-electron chi connectivity index (χ1n) is 5.23. The van der Waals surface area contributed by atoms with Crippen LogP contribution in [0.1, 0.15) is 31.1 Å². The number of aliphatic hydroxyl groups excluding tert-OH is 1. The molecular formula is C12H15FO3. The first-order valence-corrected chi connectivity index (χ1v) is 5.23. The minimum Gasteiger partial charge on any atom is -0.464 e. The summed E-state index contributed by atoms with van der Waals surface area (Å²) in [6, 6.07) is 4.11. The summed E-state index contributed by atoms with van der Waals surface area (Å²) in [5.74, 6) is -1.04. The van der Waals surface area contributed by atoms with Gasteiger partial charge in [-0.15, -0.1) is 0 Å². The van der Waals surface area contributed by atoms with Crippen molar-refractivity contribution in [3.63, 3.8) is 0 Å². The van der Waals surface area contributed by atoms with Crippen LogP contribution in [0, 0.1) is 5.82 Å². The van der Waals surface area contributed by atoms with Gasteiger partial charge in [-0.2, -0.15) is 0 Å². The number of halogens is 1. The first-order chi connectivity index (χ1) is 7.60. The molecule has 3 nitrogen and oxygen atoms in total. The lowest BCUT2D eigenvalue weighted by Crippen LogP contribution is -2.15. The van der Waals surface area contributed by atoms with Crippen LogP contribution < -0.4 is 0 Å². The van der Waals surface area contributed by atoms with Gasteiger partial charge in [0, 0.05) is 0 Å². The zero-order valence-electron chi connectivity index (χ0n) is 9.37. The first kappa shape index (κ1) is 12.6. The molecule has 0 saturated carbocycles. The van der Waals surface area contributed by atoms with Crippen LogP contribution in [0.25, 0.3) is 0 Å². The minimum absolute atomic E-state index is 0.206. The van der Waals surface area contributed by atoms with Crippen molar-refractivity contribution < 1.29 is 19.0 Å². The van der Waals surface area contributed by atoms with Crippen molar-refractivity contribution in [2.45, 2.75) is 26.4 Å². The van der Waals surface area contributed by atoms with Gasteiger partial charge in [0.25, 0.3) is 0 Å². The Bertz CT molecular complexity index is 377. The Kier molecular flexibility index (Phi) is 4.43. The van der Waals surface area contributed by atoms with Gasteiger partial charge >= 0.3 is 5.97 Å². The largest absolute Gasteiger partial charge is 0.464 e. The predicted molar refractivity (Wildman–Crippen MR) is 57.4 cm³/mol. The molecule has 0 aliphatic carbocycles. The van der Waals surface area contributed by atoms with E-state index in [1.807, 2.05) is 0 Å². The predicted octanol–water partition coefficient (Wildman–Crippen LogP) is 1.98. The van der Waals surface area contributed by atoms with Crippen molar-refractivity contribution >= 4 is 5.97 Å². The third-order valence-electron chi connectivity index (χ3n) is 2.28. The molecule has 0 saturated heterocycles. The number of aryl methyl sites for hydroxylation is 1. The molecule has 0 heterocycles. The molecule has 0 amide bonds. The van der Waals surface area contributed by atoms with Crippen molar-refractivity contribution in [3.8, 4) is 0 Å². The smallest absolute Gasteiger partial charge is 0.339 e. The molecule has 1 N–H and O–H groups in total. The molecule has 1 rings (SSSR count). The van der Waals surface area contributed by atoms with E-state index in [1.165, 1.54) is 18.2 Å². The van der Waals surface area contributed by atoms with Crippen LogP contribution in [0.15, 0.2) is 18.2 Å². The van der Waals surface area contributed by atoms with Crippen LogP contribution in [0.4, 0.5) is 4.39 Å². The topological polar surface area (TPSA) is 46.5 Å². The van der Waals surface area contributed by atoms with E-state index in [0.717, 1.165) is 0 Å². The van der Waals surface area contributed by atoms with Crippen LogP contribution >= 0.6 is 0 Å². The minimum atomic E-state index is -1.34. The molecule has 0 radical (unpaired) electrons. The van der Waals surface area contributed by atoms with E-state index < -0.39 is 12.1 Å². The lowest BCUT2D eigenvalue weighted by atomic mass is 10.0. The summed E-state index contributed by atoms with van der Waals surface area (Å²) in [6.45, 7) is 3.67. The van der Waals surface area contributed by atoms with Crippen LogP contribution in [0.5, 0.6) is 0 Å². The molecule has 0 aliphatic heterocycles. The Hall–Kier alpha value is -1.42. The van der Waals surface area contributed by atoms with Gasteiger partial charge in [0.15, 0.2) is 6.10 Å². The highest BCUT2D eigenvalue weighted by Crippen LogP contribution is 2.18. The maximum Gasteiger partial charge on any atom is 0.339 e. The van der Waals surface area contributed by atoms with E-state index in [9.17, 15) is 14.3 Å². The lowest BCUT2D eigenvalue weighted by Gasteiger charge is -2.11. The molecule has 1 atom stereocenters. The second-order valence-electron chi connectivity index (χ2n) is 3.36. The summed E-state index contributed by atoms with van der Waals surface area (Å²) in [5.41, 5.74) is 0.831. The Balaban J connectivity index is 2.91. The number of esters is 1. The Morgan fingerprint density at radius 1 is 1.50 bits per heavy atom. The second-order valence-corrected chi connectivity index (χ2v) is 3.36. The summed E-state index contributed by atoms with van der Waals surface area (Å²) >= 11 is 0. The summed E-state index contributed by atoms with van der Waals surface area (Å²) in [4.78, 5) is 11.3. The van der Waals surface area contributed by atoms with Gasteiger partial charge in [0.1, 0.15) is 5.82 Å². The zero-order valence-corrected chi connectivity index (χ0v) is 9.37. The van der Waals surface area contributed by atoms with Gasteiger partial charge in [-0.05, 0) is 36.6 Å². The third-order valence-corrected chi connectivity index (χ3v) is 2.28. The van der Waals surface area contributed by atoms with E-state index in [-0.39, 0.29) is 12.4 Å². The molecule has 0 aromatic heterocycles. The van der Waals surface area contributed by atoms with E-state index in [2.05, 4.69) is 4.74 Å². The average molecular weight is 226 g/mol. The number of hydrogen-bond acceptors (Lipinski definition) is 3. The molecule has 1 aromatic carbocycles.